The molecule has 3 aromatic heterocycles. The van der Waals surface area contributed by atoms with Gasteiger partial charge in [0.1, 0.15) is 11.4 Å². The largest absolute Gasteiger partial charge is 0.487 e. The Kier molecular flexibility index (Phi) is 13.0. The van der Waals surface area contributed by atoms with E-state index in [1.54, 1.807) is 12.4 Å². The van der Waals surface area contributed by atoms with Gasteiger partial charge in [0.25, 0.3) is 23.6 Å². The molecule has 0 N–H and O–H groups in total. The number of nitrogens with zero attached hydrogens (tertiary/aromatic N) is 5. The Balaban J connectivity index is 1.15. The highest BCUT2D eigenvalue weighted by Gasteiger charge is 2.41. The summed E-state index contributed by atoms with van der Waals surface area (Å²) >= 11 is 0. The van der Waals surface area contributed by atoms with Crippen molar-refractivity contribution in [3.63, 3.8) is 0 Å². The average molecular weight is 1020 g/mol. The van der Waals surface area contributed by atoms with E-state index in [1.807, 2.05) is 172 Å². The van der Waals surface area contributed by atoms with E-state index < -0.39 is 5.60 Å². The van der Waals surface area contributed by atoms with Gasteiger partial charge in [-0.25, -0.2) is 4.98 Å². The molecule has 2 aliphatic heterocycles. The molecule has 386 valence electrons. The van der Waals surface area contributed by atoms with E-state index in [-0.39, 0.29) is 41.3 Å². The lowest BCUT2D eigenvalue weighted by Crippen LogP contribution is -2.46. The molecular formula is C66H61N5O6. The van der Waals surface area contributed by atoms with Crippen molar-refractivity contribution in [2.75, 3.05) is 6.61 Å². The minimum absolute atomic E-state index is 0.305. The highest BCUT2D eigenvalue weighted by molar-refractivity contribution is 6.43. The number of imide groups is 2. The minimum Gasteiger partial charge on any atom is -0.487 e. The Bertz CT molecular complexity index is 3860. The first-order valence-corrected chi connectivity index (χ1v) is 26.9. The Hall–Kier alpha value is -8.33. The Morgan fingerprint density at radius 1 is 0.506 bits per heavy atom. The molecule has 77 heavy (non-hydrogen) atoms. The number of hydrogen-bond acceptors (Lipinski definition) is 9. The van der Waals surface area contributed by atoms with Crippen molar-refractivity contribution in [2.24, 2.45) is 0 Å². The number of hydrogen-bond donors (Lipinski definition) is 0. The second-order valence-corrected chi connectivity index (χ2v) is 21.8. The van der Waals surface area contributed by atoms with Crippen LogP contribution in [0.15, 0.2) is 122 Å². The summed E-state index contributed by atoms with van der Waals surface area (Å²) in [6.45, 7) is 18.5. The second-order valence-electron chi connectivity index (χ2n) is 21.8. The Morgan fingerprint density at radius 2 is 1.01 bits per heavy atom. The molecule has 0 spiro atoms. The first kappa shape index (κ1) is 50.8. The maximum atomic E-state index is 15.1. The molecule has 0 aliphatic carbocycles. The average Bonchev–Trinajstić information content (AvgIpc) is 3.57. The van der Waals surface area contributed by atoms with Crippen LogP contribution in [-0.2, 0) is 4.74 Å². The number of rotatable bonds is 14. The fraction of sp³-hybridized carbons (Fsp3) is 0.288. The summed E-state index contributed by atoms with van der Waals surface area (Å²) in [5.74, 6) is 6.02. The zero-order chi connectivity index (χ0) is 54.1. The molecule has 11 nitrogen and oxygen atoms in total. The van der Waals surface area contributed by atoms with Crippen LogP contribution >= 0.6 is 0 Å². The molecule has 5 heterocycles. The highest BCUT2D eigenvalue weighted by Crippen LogP contribution is 2.51. The van der Waals surface area contributed by atoms with E-state index in [1.165, 1.54) is 9.80 Å². The monoisotopic (exact) mass is 1020 g/mol. The molecule has 0 saturated heterocycles. The van der Waals surface area contributed by atoms with E-state index in [4.69, 9.17) is 14.5 Å². The fourth-order valence-electron chi connectivity index (χ4n) is 11.4. The number of carbonyl (C=O) groups excluding carboxylic acids is 4. The summed E-state index contributed by atoms with van der Waals surface area (Å²) in [5, 5.41) is 5.30. The van der Waals surface area contributed by atoms with Gasteiger partial charge in [0.15, 0.2) is 0 Å². The van der Waals surface area contributed by atoms with Crippen LogP contribution < -0.4 is 4.74 Å². The van der Waals surface area contributed by atoms with E-state index in [9.17, 15) is 9.59 Å². The highest BCUT2D eigenvalue weighted by atomic mass is 16.5. The van der Waals surface area contributed by atoms with Crippen molar-refractivity contribution in [3.8, 4) is 51.5 Å². The maximum absolute atomic E-state index is 15.1. The first-order chi connectivity index (χ1) is 37.0. The summed E-state index contributed by atoms with van der Waals surface area (Å²) in [7, 11) is 0. The smallest absolute Gasteiger partial charge is 0.261 e. The quantitative estimate of drug-likeness (QED) is 0.0452. The molecule has 0 fully saturated rings. The molecule has 2 aliphatic rings. The van der Waals surface area contributed by atoms with Crippen LogP contribution in [0.25, 0.3) is 77.0 Å². The standard InChI is InChI=1S/C66H61N5O6/c1-10-42(11-2)70-61(72)46-29-27-45-58-54(77-66(8,9)30-33-76-65(5,6)7)37-49-57-47(62(73)71(64(49)75)43(12-3)13-4)28-26-44(60(57)58)55-40(34-48(63(70)74)56(46)59(45)55)25-22-38-20-23-39(24-21-38)41-35-52(50-18-14-16-31-67-50)69-53(36-41)51-19-15-17-32-68-51/h14-21,23-24,26-29,31-32,34-37,42-43H,10-13,30,33H2,1-9H3. The minimum atomic E-state index is -0.788. The van der Waals surface area contributed by atoms with Gasteiger partial charge < -0.3 is 9.47 Å². The molecule has 0 saturated carbocycles. The second kappa shape index (κ2) is 19.7. The number of ether oxygens (including phenoxy) is 2. The third-order valence-electron chi connectivity index (χ3n) is 15.3. The normalized spacial score (nSPS) is 13.8. The van der Waals surface area contributed by atoms with Gasteiger partial charge in [0, 0.05) is 91.0 Å². The van der Waals surface area contributed by atoms with Crippen molar-refractivity contribution in [2.45, 2.75) is 118 Å². The van der Waals surface area contributed by atoms with Crippen LogP contribution in [0.3, 0.4) is 0 Å². The van der Waals surface area contributed by atoms with Gasteiger partial charge in [-0.3, -0.25) is 38.9 Å². The number of carbonyl (C=O) groups is 4. The van der Waals surface area contributed by atoms with Crippen LogP contribution in [-0.4, -0.2) is 78.3 Å². The molecule has 0 atom stereocenters. The molecular weight excluding hydrogens is 959 g/mol. The van der Waals surface area contributed by atoms with Crippen molar-refractivity contribution < 1.29 is 28.7 Å². The summed E-state index contributed by atoms with van der Waals surface area (Å²) < 4.78 is 13.3. The van der Waals surface area contributed by atoms with Crippen molar-refractivity contribution in [3.05, 3.63) is 155 Å². The Morgan fingerprint density at radius 3 is 1.52 bits per heavy atom. The number of aromatic nitrogens is 3. The molecule has 4 amide bonds. The van der Waals surface area contributed by atoms with Crippen molar-refractivity contribution in [1.82, 2.24) is 24.8 Å². The van der Waals surface area contributed by atoms with Gasteiger partial charge in [0.05, 0.1) is 40.5 Å². The maximum Gasteiger partial charge on any atom is 0.261 e. The molecule has 0 unspecified atom stereocenters. The number of fused-ring (bicyclic) bond motifs is 2. The van der Waals surface area contributed by atoms with Gasteiger partial charge in [-0.1, -0.05) is 75.9 Å². The van der Waals surface area contributed by atoms with Crippen LogP contribution in [0.5, 0.6) is 5.75 Å². The number of pyridine rings is 3. The lowest BCUT2D eigenvalue weighted by Gasteiger charge is -2.36. The zero-order valence-electron chi connectivity index (χ0n) is 45.1. The predicted octanol–water partition coefficient (Wildman–Crippen LogP) is 14.3. The van der Waals surface area contributed by atoms with E-state index >= 15 is 9.59 Å². The van der Waals surface area contributed by atoms with Crippen LogP contribution in [0.2, 0.25) is 0 Å². The molecule has 0 radical (unpaired) electrons. The SMILES string of the molecule is CCC(CC)N1C(=O)c2ccc3c4c(OC(C)(C)CCOC(C)(C)C)cc5c6c(ccc(c7c(C#Cc8ccc(-c9cc(-c%10ccccn%10)nc(-c%10ccccn%10)c9)cc8)cc(c2c37)C1=O)c64)C(=O)N(C(CC)CC)C5=O. The van der Waals surface area contributed by atoms with Crippen LogP contribution in [0.4, 0.5) is 0 Å². The third kappa shape index (κ3) is 8.84. The molecule has 9 aromatic rings. The summed E-state index contributed by atoms with van der Waals surface area (Å²) in [5.41, 5.74) is 6.56. The van der Waals surface area contributed by atoms with Crippen molar-refractivity contribution >= 4 is 66.7 Å². The van der Waals surface area contributed by atoms with Crippen LogP contribution in [0, 0.1) is 11.8 Å². The molecule has 11 heteroatoms. The number of amides is 4. The van der Waals surface area contributed by atoms with Crippen LogP contribution in [0.1, 0.15) is 147 Å². The zero-order valence-corrected chi connectivity index (χ0v) is 45.1. The molecule has 0 bridgehead atoms. The molecule has 6 aromatic carbocycles. The summed E-state index contributed by atoms with van der Waals surface area (Å²) in [4.78, 5) is 76.6. The Labute approximate surface area is 449 Å². The molecule has 11 rings (SSSR count). The lowest BCUT2D eigenvalue weighted by molar-refractivity contribution is -0.0290. The van der Waals surface area contributed by atoms with Crippen molar-refractivity contribution in [1.29, 1.82) is 0 Å². The third-order valence-corrected chi connectivity index (χ3v) is 15.3. The van der Waals surface area contributed by atoms with Gasteiger partial charge in [0.2, 0.25) is 0 Å². The first-order valence-electron chi connectivity index (χ1n) is 26.9. The van der Waals surface area contributed by atoms with Gasteiger partial charge in [-0.2, -0.15) is 0 Å². The summed E-state index contributed by atoms with van der Waals surface area (Å²) in [6.07, 6.45) is 6.45. The predicted molar refractivity (Wildman–Crippen MR) is 305 cm³/mol. The number of benzene rings is 6. The lowest BCUT2D eigenvalue weighted by atomic mass is 9.80. The van der Waals surface area contributed by atoms with E-state index in [0.29, 0.717) is 110 Å². The fourth-order valence-corrected chi connectivity index (χ4v) is 11.4. The topological polar surface area (TPSA) is 132 Å². The van der Waals surface area contributed by atoms with Gasteiger partial charge in [-0.05, 0) is 155 Å². The van der Waals surface area contributed by atoms with Gasteiger partial charge in [-0.15, -0.1) is 0 Å². The van der Waals surface area contributed by atoms with Gasteiger partial charge >= 0.3 is 0 Å². The van der Waals surface area contributed by atoms with E-state index in [2.05, 4.69) is 21.8 Å². The van der Waals surface area contributed by atoms with E-state index in [0.717, 1.165) is 44.9 Å². The summed E-state index contributed by atoms with van der Waals surface area (Å²) in [6, 6.07) is 34.1.